The van der Waals surface area contributed by atoms with Gasteiger partial charge in [-0.2, -0.15) is 18.3 Å². The van der Waals surface area contributed by atoms with E-state index < -0.39 is 11.7 Å². The number of β-amino-alcohol motifs (C(OH)–C–C–N with tert-alkyl or cyclic N) is 1. The van der Waals surface area contributed by atoms with Crippen LogP contribution in [0.25, 0.3) is 11.3 Å². The summed E-state index contributed by atoms with van der Waals surface area (Å²) < 4.78 is 37.9. The van der Waals surface area contributed by atoms with Crippen molar-refractivity contribution < 1.29 is 18.3 Å². The summed E-state index contributed by atoms with van der Waals surface area (Å²) in [4.78, 5) is 0. The van der Waals surface area contributed by atoms with E-state index in [0.717, 1.165) is 24.2 Å². The first kappa shape index (κ1) is 16.9. The molecule has 2 heterocycles. The van der Waals surface area contributed by atoms with Crippen molar-refractivity contribution >= 4 is 0 Å². The normalized spacial score (nSPS) is 21.3. The lowest BCUT2D eigenvalue weighted by Gasteiger charge is -2.14. The van der Waals surface area contributed by atoms with Gasteiger partial charge in [0.1, 0.15) is 0 Å². The van der Waals surface area contributed by atoms with Crippen LogP contribution in [0.15, 0.2) is 30.5 Å². The van der Waals surface area contributed by atoms with Gasteiger partial charge in [0.15, 0.2) is 0 Å². The number of nitrogens with zero attached hydrogens (tertiary/aromatic N) is 1. The molecule has 0 spiro atoms. The summed E-state index contributed by atoms with van der Waals surface area (Å²) in [6, 6.07) is 5.00. The molecule has 4 N–H and O–H groups in total. The van der Waals surface area contributed by atoms with E-state index in [-0.39, 0.29) is 12.0 Å². The van der Waals surface area contributed by atoms with Crippen molar-refractivity contribution in [2.75, 3.05) is 19.6 Å². The Morgan fingerprint density at radius 3 is 2.58 bits per heavy atom. The molecule has 0 aliphatic carbocycles. The van der Waals surface area contributed by atoms with Gasteiger partial charge < -0.3 is 15.7 Å². The third-order valence-electron chi connectivity index (χ3n) is 4.24. The highest BCUT2D eigenvalue weighted by Gasteiger charge is 2.30. The van der Waals surface area contributed by atoms with Crippen LogP contribution < -0.4 is 10.6 Å². The second kappa shape index (κ2) is 6.92. The Hall–Kier alpha value is -1.90. The van der Waals surface area contributed by atoms with E-state index in [9.17, 15) is 18.3 Å². The smallest absolute Gasteiger partial charge is 0.391 e. The van der Waals surface area contributed by atoms with Gasteiger partial charge in [0.2, 0.25) is 0 Å². The van der Waals surface area contributed by atoms with Crippen molar-refractivity contribution in [3.05, 3.63) is 41.6 Å². The third kappa shape index (κ3) is 3.77. The molecule has 2 atom stereocenters. The average molecular weight is 340 g/mol. The molecule has 1 aliphatic rings. The highest BCUT2D eigenvalue weighted by atomic mass is 19.4. The van der Waals surface area contributed by atoms with Crippen LogP contribution in [0.3, 0.4) is 0 Å². The van der Waals surface area contributed by atoms with Crippen molar-refractivity contribution in [1.82, 2.24) is 20.8 Å². The topological polar surface area (TPSA) is 73.0 Å². The van der Waals surface area contributed by atoms with Crippen molar-refractivity contribution in [3.8, 4) is 11.3 Å². The fourth-order valence-corrected chi connectivity index (χ4v) is 2.84. The van der Waals surface area contributed by atoms with Crippen molar-refractivity contribution in [2.45, 2.75) is 18.8 Å². The van der Waals surface area contributed by atoms with E-state index in [1.54, 1.807) is 6.20 Å². The number of nitrogens with one attached hydrogen (secondary N) is 3. The van der Waals surface area contributed by atoms with E-state index in [0.29, 0.717) is 30.9 Å². The number of hydrogen-bond acceptors (Lipinski definition) is 4. The number of hydrogen-bond donors (Lipinski definition) is 4. The maximum atomic E-state index is 12.6. The molecule has 24 heavy (non-hydrogen) atoms. The molecular formula is C16H19F3N4O. The lowest BCUT2D eigenvalue weighted by atomic mass is 10.0. The molecule has 1 fully saturated rings. The van der Waals surface area contributed by atoms with Gasteiger partial charge in [0.25, 0.3) is 0 Å². The second-order valence-corrected chi connectivity index (χ2v) is 5.96. The summed E-state index contributed by atoms with van der Waals surface area (Å²) in [7, 11) is 0. The predicted molar refractivity (Wildman–Crippen MR) is 83.1 cm³/mol. The maximum absolute atomic E-state index is 12.6. The summed E-state index contributed by atoms with van der Waals surface area (Å²) in [6.07, 6.45) is -3.03. The Bertz CT molecular complexity index is 669. The minimum atomic E-state index is -4.34. The van der Waals surface area contributed by atoms with Crippen molar-refractivity contribution in [2.24, 2.45) is 5.92 Å². The molecule has 5 nitrogen and oxygen atoms in total. The highest BCUT2D eigenvalue weighted by Crippen LogP contribution is 2.31. The van der Waals surface area contributed by atoms with E-state index in [1.165, 1.54) is 12.1 Å². The van der Waals surface area contributed by atoms with Gasteiger partial charge in [-0.05, 0) is 17.7 Å². The van der Waals surface area contributed by atoms with Crippen LogP contribution in [0.2, 0.25) is 0 Å². The fraction of sp³-hybridized carbons (Fsp3) is 0.438. The summed E-state index contributed by atoms with van der Waals surface area (Å²) in [6.45, 7) is 2.56. The Morgan fingerprint density at radius 2 is 1.96 bits per heavy atom. The largest absolute Gasteiger partial charge is 0.416 e. The van der Waals surface area contributed by atoms with Gasteiger partial charge in [-0.25, -0.2) is 0 Å². The number of halogens is 3. The molecule has 0 bridgehead atoms. The molecule has 130 valence electrons. The number of alkyl halides is 3. The summed E-state index contributed by atoms with van der Waals surface area (Å²) in [5, 5.41) is 23.0. The number of H-pyrrole nitrogens is 1. The average Bonchev–Trinajstić information content (AvgIpc) is 3.16. The standard InChI is InChI=1S/C16H19F3N4O/c17-16(18,19)13-3-1-10(2-4-13)15-12(8-22-23-15)7-20-5-11-6-21-9-14(11)24/h1-4,8,11,14,20-21,24H,5-7,9H2,(H,22,23). The minimum Gasteiger partial charge on any atom is -0.391 e. The molecule has 0 radical (unpaired) electrons. The minimum absolute atomic E-state index is 0.159. The number of rotatable bonds is 5. The quantitative estimate of drug-likeness (QED) is 0.669. The van der Waals surface area contributed by atoms with E-state index in [4.69, 9.17) is 0 Å². The van der Waals surface area contributed by atoms with E-state index in [1.807, 2.05) is 0 Å². The molecule has 0 amide bonds. The van der Waals surface area contributed by atoms with Crippen LogP contribution in [0.1, 0.15) is 11.1 Å². The number of aliphatic hydroxyl groups is 1. The van der Waals surface area contributed by atoms with Gasteiger partial charge in [-0.15, -0.1) is 0 Å². The molecule has 1 aromatic heterocycles. The Labute approximate surface area is 137 Å². The zero-order chi connectivity index (χ0) is 17.2. The van der Waals surface area contributed by atoms with Crippen LogP contribution in [0.5, 0.6) is 0 Å². The molecule has 1 saturated heterocycles. The summed E-state index contributed by atoms with van der Waals surface area (Å²) >= 11 is 0. The second-order valence-electron chi connectivity index (χ2n) is 5.96. The van der Waals surface area contributed by atoms with E-state index >= 15 is 0 Å². The Kier molecular flexibility index (Phi) is 4.88. The van der Waals surface area contributed by atoms with Crippen LogP contribution in [-0.4, -0.2) is 41.0 Å². The maximum Gasteiger partial charge on any atom is 0.416 e. The summed E-state index contributed by atoms with van der Waals surface area (Å²) in [5.74, 6) is 0.159. The Balaban J connectivity index is 1.64. The van der Waals surface area contributed by atoms with Gasteiger partial charge in [-0.3, -0.25) is 5.10 Å². The monoisotopic (exact) mass is 340 g/mol. The molecule has 8 heteroatoms. The van der Waals surface area contributed by atoms with Gasteiger partial charge in [0.05, 0.1) is 23.6 Å². The molecule has 2 aromatic rings. The van der Waals surface area contributed by atoms with Crippen LogP contribution in [-0.2, 0) is 12.7 Å². The molecule has 1 aliphatic heterocycles. The number of aliphatic hydroxyl groups excluding tert-OH is 1. The molecule has 3 rings (SSSR count). The Morgan fingerprint density at radius 1 is 1.21 bits per heavy atom. The first-order chi connectivity index (χ1) is 11.4. The highest BCUT2D eigenvalue weighted by molar-refractivity contribution is 5.63. The first-order valence-electron chi connectivity index (χ1n) is 7.74. The van der Waals surface area contributed by atoms with Crippen molar-refractivity contribution in [1.29, 1.82) is 0 Å². The molecular weight excluding hydrogens is 321 g/mol. The molecule has 0 saturated carbocycles. The zero-order valence-corrected chi connectivity index (χ0v) is 12.9. The number of aromatic amines is 1. The van der Waals surface area contributed by atoms with Gasteiger partial charge in [-0.1, -0.05) is 12.1 Å². The molecule has 1 aromatic carbocycles. The first-order valence-corrected chi connectivity index (χ1v) is 7.74. The zero-order valence-electron chi connectivity index (χ0n) is 12.9. The fourth-order valence-electron chi connectivity index (χ4n) is 2.84. The summed E-state index contributed by atoms with van der Waals surface area (Å²) in [5.41, 5.74) is 1.55. The SMILES string of the molecule is OC1CNCC1CNCc1cn[nH]c1-c1ccc(C(F)(F)F)cc1. The molecule has 2 unspecified atom stereocenters. The third-order valence-corrected chi connectivity index (χ3v) is 4.24. The van der Waals surface area contributed by atoms with E-state index in [2.05, 4.69) is 20.8 Å². The van der Waals surface area contributed by atoms with Crippen molar-refractivity contribution in [3.63, 3.8) is 0 Å². The lowest BCUT2D eigenvalue weighted by Crippen LogP contribution is -2.30. The number of benzene rings is 1. The number of aromatic nitrogens is 2. The van der Waals surface area contributed by atoms with Gasteiger partial charge >= 0.3 is 6.18 Å². The van der Waals surface area contributed by atoms with Crippen LogP contribution in [0.4, 0.5) is 13.2 Å². The van der Waals surface area contributed by atoms with Crippen LogP contribution >= 0.6 is 0 Å². The van der Waals surface area contributed by atoms with Crippen LogP contribution in [0, 0.1) is 5.92 Å². The lowest BCUT2D eigenvalue weighted by molar-refractivity contribution is -0.137. The predicted octanol–water partition coefficient (Wildman–Crippen LogP) is 1.77. The van der Waals surface area contributed by atoms with Gasteiger partial charge in [0, 0.05) is 37.7 Å².